The second kappa shape index (κ2) is 18.4. The lowest BCUT2D eigenvalue weighted by Crippen LogP contribution is -2.24. The lowest BCUT2D eigenvalue weighted by atomic mass is 9.72. The Morgan fingerprint density at radius 1 is 0.250 bits per heavy atom. The fourth-order valence-corrected chi connectivity index (χ4v) is 12.7. The van der Waals surface area contributed by atoms with Gasteiger partial charge in [-0.15, -0.1) is 0 Å². The second-order valence-electron chi connectivity index (χ2n) is 21.9. The summed E-state index contributed by atoms with van der Waals surface area (Å²) < 4.78 is 0. The second-order valence-corrected chi connectivity index (χ2v) is 21.9. The first-order chi connectivity index (χ1) is 37.0. The number of anilines is 6. The van der Waals surface area contributed by atoms with Crippen molar-refractivity contribution < 1.29 is 0 Å². The molecule has 2 aliphatic rings. The summed E-state index contributed by atoms with van der Waals surface area (Å²) in [7, 11) is 0. The molecule has 0 fully saturated rings. The predicted molar refractivity (Wildman–Crippen MR) is 322 cm³/mol. The lowest BCUT2D eigenvalue weighted by Gasteiger charge is -2.32. The van der Waals surface area contributed by atoms with E-state index in [0.29, 0.717) is 0 Å². The molecule has 2 heteroatoms. The SMILES string of the molecule is Cc1cc(N(c2ccc(-c3ccccc3)cc2)c2ccc(-c3ccccc3)cc2)cc2c1-c1ccc3c(c1C2(C)C)C(C)(C)c1cc(N(c2ccc(-c4ccccc4)cc2)c2ccc(-c4ccccc4)cc2)cc(C)c1-3. The van der Waals surface area contributed by atoms with Crippen LogP contribution in [0.4, 0.5) is 34.1 Å². The molecule has 366 valence electrons. The third-order valence-electron chi connectivity index (χ3n) is 16.4. The van der Waals surface area contributed by atoms with Gasteiger partial charge in [0.15, 0.2) is 0 Å². The Balaban J connectivity index is 0.907. The highest BCUT2D eigenvalue weighted by molar-refractivity contribution is 5.96. The van der Waals surface area contributed by atoms with Crippen LogP contribution in [0.1, 0.15) is 61.1 Å². The highest BCUT2D eigenvalue weighted by Gasteiger charge is 2.47. The Morgan fingerprint density at radius 2 is 0.487 bits per heavy atom. The minimum absolute atomic E-state index is 0.292. The summed E-state index contributed by atoms with van der Waals surface area (Å²) in [5, 5.41) is 0. The summed E-state index contributed by atoms with van der Waals surface area (Å²) in [5.74, 6) is 0. The molecule has 0 amide bonds. The van der Waals surface area contributed by atoms with Crippen LogP contribution in [0.5, 0.6) is 0 Å². The zero-order valence-electron chi connectivity index (χ0n) is 44.1. The highest BCUT2D eigenvalue weighted by Crippen LogP contribution is 2.61. The first-order valence-corrected chi connectivity index (χ1v) is 26.7. The van der Waals surface area contributed by atoms with Crippen molar-refractivity contribution in [2.45, 2.75) is 52.4 Å². The third-order valence-corrected chi connectivity index (χ3v) is 16.4. The first kappa shape index (κ1) is 46.8. The molecule has 0 N–H and O–H groups in total. The van der Waals surface area contributed by atoms with Crippen LogP contribution in [0.2, 0.25) is 0 Å². The standard InChI is InChI=1S/C74H60N2/c1-49-45-63(75(59-35-27-55(28-36-59)51-19-11-7-12-20-51)60-37-29-56(30-38-60)52-21-13-8-14-22-52)47-67-69(49)65-43-44-66-70-50(2)46-64(48-68(70)74(5,6)72(66)71(65)73(67,3)4)76(61-39-31-57(32-40-61)53-23-15-9-16-24-53)62-41-33-58(34-42-62)54-25-17-10-18-26-54/h7-48H,1-6H3. The van der Waals surface area contributed by atoms with Crippen molar-refractivity contribution in [1.29, 1.82) is 0 Å². The Bertz CT molecular complexity index is 3500. The molecule has 13 rings (SSSR count). The van der Waals surface area contributed by atoms with Crippen molar-refractivity contribution in [1.82, 2.24) is 0 Å². The van der Waals surface area contributed by atoms with E-state index in [0.717, 1.165) is 34.1 Å². The largest absolute Gasteiger partial charge is 0.310 e. The molecule has 76 heavy (non-hydrogen) atoms. The van der Waals surface area contributed by atoms with Crippen molar-refractivity contribution in [3.8, 4) is 66.8 Å². The van der Waals surface area contributed by atoms with Crippen molar-refractivity contribution in [3.63, 3.8) is 0 Å². The highest BCUT2D eigenvalue weighted by atomic mass is 15.1. The van der Waals surface area contributed by atoms with Crippen molar-refractivity contribution >= 4 is 34.1 Å². The van der Waals surface area contributed by atoms with Gasteiger partial charge in [-0.05, 0) is 187 Å². The fourth-order valence-electron chi connectivity index (χ4n) is 12.7. The zero-order valence-corrected chi connectivity index (χ0v) is 44.1. The monoisotopic (exact) mass is 976 g/mol. The minimum atomic E-state index is -0.292. The van der Waals surface area contributed by atoms with Crippen LogP contribution in [0.25, 0.3) is 66.8 Å². The molecule has 0 aromatic heterocycles. The van der Waals surface area contributed by atoms with Crippen LogP contribution >= 0.6 is 0 Å². The number of nitrogens with zero attached hydrogens (tertiary/aromatic N) is 2. The van der Waals surface area contributed by atoms with E-state index < -0.39 is 0 Å². The van der Waals surface area contributed by atoms with Crippen LogP contribution in [0, 0.1) is 13.8 Å². The van der Waals surface area contributed by atoms with Crippen LogP contribution in [-0.4, -0.2) is 0 Å². The molecule has 0 saturated heterocycles. The van der Waals surface area contributed by atoms with Gasteiger partial charge in [-0.3, -0.25) is 0 Å². The molecule has 2 aliphatic carbocycles. The average molecular weight is 977 g/mol. The smallest absolute Gasteiger partial charge is 0.0467 e. The van der Waals surface area contributed by atoms with Gasteiger partial charge in [0.2, 0.25) is 0 Å². The van der Waals surface area contributed by atoms with E-state index >= 15 is 0 Å². The predicted octanol–water partition coefficient (Wildman–Crippen LogP) is 20.5. The van der Waals surface area contributed by atoms with E-state index in [1.807, 2.05) is 0 Å². The number of hydrogen-bond donors (Lipinski definition) is 0. The molecule has 0 saturated carbocycles. The summed E-state index contributed by atoms with van der Waals surface area (Å²) in [6.07, 6.45) is 0. The Labute approximate surface area is 448 Å². The normalized spacial score (nSPS) is 13.3. The quantitative estimate of drug-likeness (QED) is 0.135. The molecule has 0 atom stereocenters. The van der Waals surface area contributed by atoms with Crippen molar-refractivity contribution in [3.05, 3.63) is 288 Å². The molecule has 0 heterocycles. The van der Waals surface area contributed by atoms with E-state index in [2.05, 4.69) is 306 Å². The Morgan fingerprint density at radius 3 is 0.737 bits per heavy atom. The van der Waals surface area contributed by atoms with E-state index in [9.17, 15) is 0 Å². The van der Waals surface area contributed by atoms with Gasteiger partial charge in [0.25, 0.3) is 0 Å². The zero-order chi connectivity index (χ0) is 51.7. The van der Waals surface area contributed by atoms with Gasteiger partial charge in [0.05, 0.1) is 0 Å². The summed E-state index contributed by atoms with van der Waals surface area (Å²) >= 11 is 0. The van der Waals surface area contributed by atoms with Gasteiger partial charge in [-0.2, -0.15) is 0 Å². The van der Waals surface area contributed by atoms with E-state index in [-0.39, 0.29) is 10.8 Å². The van der Waals surface area contributed by atoms with Crippen molar-refractivity contribution in [2.75, 3.05) is 9.80 Å². The molecule has 0 spiro atoms. The van der Waals surface area contributed by atoms with Gasteiger partial charge < -0.3 is 9.80 Å². The maximum absolute atomic E-state index is 2.49. The van der Waals surface area contributed by atoms with Crippen LogP contribution in [0.3, 0.4) is 0 Å². The van der Waals surface area contributed by atoms with Gasteiger partial charge in [-0.25, -0.2) is 0 Å². The van der Waals surface area contributed by atoms with E-state index in [1.54, 1.807) is 0 Å². The molecule has 11 aromatic carbocycles. The Kier molecular flexibility index (Phi) is 11.4. The van der Waals surface area contributed by atoms with Crippen LogP contribution in [-0.2, 0) is 10.8 Å². The molecule has 2 nitrogen and oxygen atoms in total. The summed E-state index contributed by atoms with van der Waals surface area (Å²) in [5.41, 5.74) is 29.5. The van der Waals surface area contributed by atoms with Crippen LogP contribution in [0.15, 0.2) is 255 Å². The maximum Gasteiger partial charge on any atom is 0.0467 e. The average Bonchev–Trinajstić information content (AvgIpc) is 4.09. The number of fused-ring (bicyclic) bond motifs is 7. The van der Waals surface area contributed by atoms with Gasteiger partial charge >= 0.3 is 0 Å². The molecular formula is C74H60N2. The maximum atomic E-state index is 2.49. The van der Waals surface area contributed by atoms with Gasteiger partial charge in [0, 0.05) is 45.0 Å². The van der Waals surface area contributed by atoms with Gasteiger partial charge in [-0.1, -0.05) is 210 Å². The molecule has 0 bridgehead atoms. The van der Waals surface area contributed by atoms with E-state index in [4.69, 9.17) is 0 Å². The van der Waals surface area contributed by atoms with E-state index in [1.165, 1.54) is 100 Å². The Hall–Kier alpha value is -8.98. The topological polar surface area (TPSA) is 6.48 Å². The number of benzene rings is 11. The lowest BCUT2D eigenvalue weighted by molar-refractivity contribution is 0.601. The number of aryl methyl sites for hydroxylation is 2. The van der Waals surface area contributed by atoms with Gasteiger partial charge in [0.1, 0.15) is 0 Å². The van der Waals surface area contributed by atoms with Crippen LogP contribution < -0.4 is 9.80 Å². The molecule has 0 aliphatic heterocycles. The minimum Gasteiger partial charge on any atom is -0.310 e. The molecule has 0 unspecified atom stereocenters. The molecule has 0 radical (unpaired) electrons. The summed E-state index contributed by atoms with van der Waals surface area (Å²) in [6.45, 7) is 14.5. The third kappa shape index (κ3) is 7.87. The summed E-state index contributed by atoms with van der Waals surface area (Å²) in [6, 6.07) is 93.6. The first-order valence-electron chi connectivity index (χ1n) is 26.7. The fraction of sp³-hybridized carbons (Fsp3) is 0.108. The molecular weight excluding hydrogens is 917 g/mol. The van der Waals surface area contributed by atoms with Crippen molar-refractivity contribution in [2.24, 2.45) is 0 Å². The number of rotatable bonds is 10. The molecule has 11 aromatic rings. The summed E-state index contributed by atoms with van der Waals surface area (Å²) in [4.78, 5) is 4.89. The number of hydrogen-bond acceptors (Lipinski definition) is 2.